The van der Waals surface area contributed by atoms with E-state index in [0.717, 1.165) is 31.5 Å². The van der Waals surface area contributed by atoms with Crippen LogP contribution < -0.4 is 5.32 Å². The van der Waals surface area contributed by atoms with E-state index in [2.05, 4.69) is 10.3 Å². The fraction of sp³-hybridized carbons (Fsp3) is 0.455. The molecule has 0 atom stereocenters. The molecule has 3 heterocycles. The second-order valence-corrected chi connectivity index (χ2v) is 4.06. The van der Waals surface area contributed by atoms with Crippen molar-refractivity contribution < 1.29 is 9.53 Å². The number of hydrogen-bond acceptors (Lipinski definition) is 4. The van der Waals surface area contributed by atoms with E-state index in [1.54, 1.807) is 12.4 Å². The molecule has 1 spiro atoms. The van der Waals surface area contributed by atoms with Crippen LogP contribution in [0.25, 0.3) is 0 Å². The first-order valence-corrected chi connectivity index (χ1v) is 5.20. The monoisotopic (exact) mass is 276 g/mol. The average molecular weight is 277 g/mol. The number of carbonyl (C=O) groups excluding carboxylic acids is 1. The van der Waals surface area contributed by atoms with Crippen molar-refractivity contribution in [2.75, 3.05) is 13.1 Å². The maximum Gasteiger partial charge on any atom is 0.341 e. The lowest BCUT2D eigenvalue weighted by Crippen LogP contribution is -2.39. The smallest absolute Gasteiger partial charge is 0.341 e. The van der Waals surface area contributed by atoms with Crippen LogP contribution in [0.1, 0.15) is 28.8 Å². The van der Waals surface area contributed by atoms with Crippen LogP contribution in [-0.4, -0.2) is 24.0 Å². The summed E-state index contributed by atoms with van der Waals surface area (Å²) in [5.41, 5.74) is 1.28. The van der Waals surface area contributed by atoms with E-state index in [9.17, 15) is 4.79 Å². The maximum absolute atomic E-state index is 11.7. The Morgan fingerprint density at radius 2 is 2.00 bits per heavy atom. The number of ether oxygens (including phenoxy) is 1. The molecule has 0 saturated carbocycles. The Bertz CT molecular complexity index is 420. The van der Waals surface area contributed by atoms with Crippen molar-refractivity contribution in [1.82, 2.24) is 10.3 Å². The summed E-state index contributed by atoms with van der Waals surface area (Å²) >= 11 is 0. The molecule has 17 heavy (non-hydrogen) atoms. The number of nitrogens with one attached hydrogen (secondary N) is 1. The quantitative estimate of drug-likeness (QED) is 0.733. The minimum absolute atomic E-state index is 0. The van der Waals surface area contributed by atoms with Crippen LogP contribution in [0, 0.1) is 0 Å². The van der Waals surface area contributed by atoms with Gasteiger partial charge in [-0.2, -0.15) is 0 Å². The van der Waals surface area contributed by atoms with Gasteiger partial charge in [0.1, 0.15) is 5.60 Å². The Morgan fingerprint density at radius 3 is 2.71 bits per heavy atom. The molecule has 4 nitrogen and oxygen atoms in total. The van der Waals surface area contributed by atoms with Gasteiger partial charge in [0, 0.05) is 30.8 Å². The minimum Gasteiger partial charge on any atom is -0.450 e. The van der Waals surface area contributed by atoms with Crippen LogP contribution in [0.2, 0.25) is 0 Å². The zero-order valence-corrected chi connectivity index (χ0v) is 10.8. The minimum atomic E-state index is -0.374. The van der Waals surface area contributed by atoms with Gasteiger partial charge in [0.15, 0.2) is 0 Å². The van der Waals surface area contributed by atoms with Crippen LogP contribution in [0.15, 0.2) is 18.5 Å². The number of rotatable bonds is 0. The summed E-state index contributed by atoms with van der Waals surface area (Å²) in [6.07, 6.45) is 5.05. The molecule has 0 bridgehead atoms. The molecule has 2 aliphatic rings. The molecule has 0 unspecified atom stereocenters. The first-order chi connectivity index (χ1) is 7.32. The lowest BCUT2D eigenvalue weighted by Gasteiger charge is -2.32. The van der Waals surface area contributed by atoms with Crippen molar-refractivity contribution in [3.05, 3.63) is 29.6 Å². The van der Waals surface area contributed by atoms with Crippen LogP contribution in [0.5, 0.6) is 0 Å². The third kappa shape index (κ3) is 2.12. The third-order valence-electron chi connectivity index (χ3n) is 3.23. The molecular weight excluding hydrogens is 263 g/mol. The molecule has 2 aliphatic heterocycles. The number of pyridine rings is 1. The highest BCUT2D eigenvalue weighted by Gasteiger charge is 2.45. The highest BCUT2D eigenvalue weighted by molar-refractivity contribution is 5.94. The summed E-state index contributed by atoms with van der Waals surface area (Å²) in [6, 6.07) is 1.91. The number of halogens is 2. The molecule has 0 aliphatic carbocycles. The predicted molar refractivity (Wildman–Crippen MR) is 67.9 cm³/mol. The number of aromatic nitrogens is 1. The summed E-state index contributed by atoms with van der Waals surface area (Å²) in [7, 11) is 0. The van der Waals surface area contributed by atoms with Gasteiger partial charge in [-0.1, -0.05) is 0 Å². The van der Waals surface area contributed by atoms with Crippen LogP contribution in [0.3, 0.4) is 0 Å². The molecule has 0 aromatic carbocycles. The van der Waals surface area contributed by atoms with Gasteiger partial charge in [-0.25, -0.2) is 4.79 Å². The second kappa shape index (κ2) is 5.21. The van der Waals surface area contributed by atoms with Gasteiger partial charge in [-0.15, -0.1) is 24.8 Å². The van der Waals surface area contributed by atoms with Gasteiger partial charge in [-0.3, -0.25) is 4.98 Å². The van der Waals surface area contributed by atoms with Crippen molar-refractivity contribution in [2.24, 2.45) is 0 Å². The fourth-order valence-electron chi connectivity index (χ4n) is 2.44. The highest BCUT2D eigenvalue weighted by Crippen LogP contribution is 2.42. The second-order valence-electron chi connectivity index (χ2n) is 4.06. The summed E-state index contributed by atoms with van der Waals surface area (Å²) in [4.78, 5) is 15.6. The number of esters is 1. The van der Waals surface area contributed by atoms with Crippen LogP contribution in [-0.2, 0) is 10.3 Å². The Hall–Kier alpha value is -0.840. The lowest BCUT2D eigenvalue weighted by molar-refractivity contribution is -0.0241. The van der Waals surface area contributed by atoms with Crippen molar-refractivity contribution in [2.45, 2.75) is 18.4 Å². The Balaban J connectivity index is 0.000000722. The third-order valence-corrected chi connectivity index (χ3v) is 3.23. The van der Waals surface area contributed by atoms with Crippen molar-refractivity contribution >= 4 is 30.8 Å². The molecule has 3 rings (SSSR count). The molecule has 1 aromatic rings. The summed E-state index contributed by atoms with van der Waals surface area (Å²) < 4.78 is 5.54. The van der Waals surface area contributed by atoms with E-state index >= 15 is 0 Å². The summed E-state index contributed by atoms with van der Waals surface area (Å²) in [5.74, 6) is -0.222. The van der Waals surface area contributed by atoms with Gasteiger partial charge < -0.3 is 10.1 Å². The zero-order valence-electron chi connectivity index (χ0n) is 9.14. The van der Waals surface area contributed by atoms with Gasteiger partial charge in [-0.05, 0) is 19.2 Å². The first-order valence-electron chi connectivity index (χ1n) is 5.20. The SMILES string of the molecule is Cl.Cl.O=C1OC2(CCNCC2)c2ccncc21. The van der Waals surface area contributed by atoms with Gasteiger partial charge in [0.25, 0.3) is 0 Å². The lowest BCUT2D eigenvalue weighted by atomic mass is 9.85. The van der Waals surface area contributed by atoms with Gasteiger partial charge in [0.2, 0.25) is 0 Å². The summed E-state index contributed by atoms with van der Waals surface area (Å²) in [6.45, 7) is 1.80. The molecule has 1 fully saturated rings. The van der Waals surface area contributed by atoms with E-state index in [4.69, 9.17) is 4.74 Å². The van der Waals surface area contributed by atoms with Crippen molar-refractivity contribution in [1.29, 1.82) is 0 Å². The Morgan fingerprint density at radius 1 is 1.29 bits per heavy atom. The van der Waals surface area contributed by atoms with Crippen molar-refractivity contribution in [3.63, 3.8) is 0 Å². The van der Waals surface area contributed by atoms with Crippen LogP contribution >= 0.6 is 24.8 Å². The molecule has 1 aromatic heterocycles. The molecular formula is C11H14Cl2N2O2. The normalized spacial score (nSPS) is 19.9. The molecule has 1 N–H and O–H groups in total. The molecule has 94 valence electrons. The van der Waals surface area contributed by atoms with Crippen molar-refractivity contribution in [3.8, 4) is 0 Å². The average Bonchev–Trinajstić information content (AvgIpc) is 2.55. The standard InChI is InChI=1S/C11H12N2O2.2ClH/c14-10-8-7-13-4-1-9(8)11(15-10)2-5-12-6-3-11;;/h1,4,7,12H,2-3,5-6H2;2*1H. The zero-order chi connectivity index (χ0) is 10.3. The Labute approximate surface area is 112 Å². The Kier molecular flexibility index (Phi) is 4.36. The number of nitrogens with zero attached hydrogens (tertiary/aromatic N) is 1. The van der Waals surface area contributed by atoms with E-state index < -0.39 is 0 Å². The maximum atomic E-state index is 11.7. The first kappa shape index (κ1) is 14.2. The number of piperidine rings is 1. The van der Waals surface area contributed by atoms with E-state index in [-0.39, 0.29) is 36.4 Å². The molecule has 6 heteroatoms. The number of hydrogen-bond donors (Lipinski definition) is 1. The van der Waals surface area contributed by atoms with Gasteiger partial charge in [0.05, 0.1) is 5.56 Å². The van der Waals surface area contributed by atoms with E-state index in [0.29, 0.717) is 5.56 Å². The number of carbonyl (C=O) groups is 1. The molecule has 0 amide bonds. The molecule has 0 radical (unpaired) electrons. The molecule has 1 saturated heterocycles. The largest absolute Gasteiger partial charge is 0.450 e. The van der Waals surface area contributed by atoms with Crippen LogP contribution in [0.4, 0.5) is 0 Å². The fourth-order valence-corrected chi connectivity index (χ4v) is 2.44. The van der Waals surface area contributed by atoms with Gasteiger partial charge >= 0.3 is 5.97 Å². The topological polar surface area (TPSA) is 51.2 Å². The number of fused-ring (bicyclic) bond motifs is 2. The summed E-state index contributed by atoms with van der Waals surface area (Å²) in [5, 5.41) is 3.27. The van der Waals surface area contributed by atoms with E-state index in [1.165, 1.54) is 0 Å². The predicted octanol–water partition coefficient (Wildman–Crippen LogP) is 1.67. The van der Waals surface area contributed by atoms with E-state index in [1.807, 2.05) is 6.07 Å². The highest BCUT2D eigenvalue weighted by atomic mass is 35.5.